The quantitative estimate of drug-likeness (QED) is 0.0128. The largest absolute Gasteiger partial charge is 0.508 e. The van der Waals surface area contributed by atoms with Crippen molar-refractivity contribution in [3.8, 4) is 51.4 Å². The minimum absolute atomic E-state index is 0.00379. The first-order valence-electron chi connectivity index (χ1n) is 44.1. The summed E-state index contributed by atoms with van der Waals surface area (Å²) in [5, 5.41) is 81.3. The van der Waals surface area contributed by atoms with Crippen molar-refractivity contribution < 1.29 is 112 Å². The molecule has 0 radical (unpaired) electrons. The highest BCUT2D eigenvalue weighted by Gasteiger charge is 2.52. The Morgan fingerprint density at radius 3 is 2.01 bits per heavy atom. The maximum absolute atomic E-state index is 15.2. The average molecular weight is 1890 g/mol. The molecular weight excluding hydrogens is 1780 g/mol. The second kappa shape index (κ2) is 45.2. The number of amides is 12. The van der Waals surface area contributed by atoms with E-state index in [0.29, 0.717) is 63.2 Å². The van der Waals surface area contributed by atoms with Crippen molar-refractivity contribution in [1.82, 2.24) is 57.7 Å². The normalized spacial score (nSPS) is 18.5. The standard InChI is InChI=1S/C97H108N14O24S/c1-52-16-24-62(115)39-43-134-79-49-63(116)29-32-68(79)97(52)67-31-23-59(48-66(67)94(129)135-97)103-96(136)100-41-38-81(118)105-73(36-37-83(120)121)92(127)110-42-11-15-76(110)90(125)107-71(14-10-40-99-95(98)130)87(122)101-51-82(119)104-72(33-21-55-12-8-7-9-13-55)88(123)108-74(45-56-17-25-60(113)26-18-56)89(124)109-75-44-53(2)111(93(75)128)77(46-57-19-27-61(114)28-20-57)91(126)106-70-35-30-64-65(50-78(70)117)69(102-54(3)112)34-22-58-47-80(131-4)85(132-5)86(133-6)84(58)64/h7-9,12-13,16-20,23-32,35,39,47-50,53,69,71-77,113-116H,1,10-11,14-15,21-22,33-34,36-38,40-46,51H2,2-6H3,(H,101,122)(H,102,112)(H,104,119)(H,105,118)(H,107,125)(H,108,123)(H,109,124)(H,120,121)(H3,98,99,130)(H2,100,103,136)(H,106,117,126)/b24-16-,62-39+/t53?,69-,71-,72-,73-,74-,75-,76-,77-,97?/m0/s1. The summed E-state index contributed by atoms with van der Waals surface area (Å²) in [5.74, 6) is -9.46. The van der Waals surface area contributed by atoms with E-state index in [1.807, 2.05) is 0 Å². The summed E-state index contributed by atoms with van der Waals surface area (Å²) in [6, 6.07) is 23.2. The molecule has 2 saturated heterocycles. The predicted octanol–water partition coefficient (Wildman–Crippen LogP) is 5.61. The van der Waals surface area contributed by atoms with Crippen molar-refractivity contribution in [2.45, 2.75) is 164 Å². The third-order valence-electron chi connectivity index (χ3n) is 24.0. The summed E-state index contributed by atoms with van der Waals surface area (Å²) in [6.45, 7) is 6.01. The Labute approximate surface area is 786 Å². The van der Waals surface area contributed by atoms with E-state index in [0.717, 1.165) is 16.0 Å². The van der Waals surface area contributed by atoms with Crippen molar-refractivity contribution in [3.05, 3.63) is 230 Å². The molecule has 2 unspecified atom stereocenters. The molecule has 4 heterocycles. The fraction of sp³-hybridized carbons (Fsp3) is 0.351. The van der Waals surface area contributed by atoms with Crippen molar-refractivity contribution in [3.63, 3.8) is 0 Å². The molecule has 1 aliphatic carbocycles. The number of methoxy groups -OCH3 is 3. The number of phenols is 3. The highest BCUT2D eigenvalue weighted by Crippen LogP contribution is 2.53. The van der Waals surface area contributed by atoms with Gasteiger partial charge in [-0.2, -0.15) is 0 Å². The Hall–Kier alpha value is -15.6. The van der Waals surface area contributed by atoms with Gasteiger partial charge in [0.2, 0.25) is 70.3 Å². The number of likely N-dealkylation sites (tertiary alicyclic amines) is 2. The Morgan fingerprint density at radius 2 is 1.32 bits per heavy atom. The van der Waals surface area contributed by atoms with Gasteiger partial charge < -0.3 is 123 Å². The summed E-state index contributed by atoms with van der Waals surface area (Å²) in [7, 11) is 4.37. The Kier molecular flexibility index (Phi) is 33.1. The van der Waals surface area contributed by atoms with Crippen molar-refractivity contribution >= 4 is 106 Å². The lowest BCUT2D eigenvalue weighted by molar-refractivity contribution is -0.143. The van der Waals surface area contributed by atoms with E-state index in [-0.39, 0.29) is 159 Å². The molecule has 10 atom stereocenters. The number of urea groups is 1. The number of fused-ring (bicyclic) bond motifs is 7. The first-order valence-corrected chi connectivity index (χ1v) is 44.5. The highest BCUT2D eigenvalue weighted by molar-refractivity contribution is 7.80. The van der Waals surface area contributed by atoms with Gasteiger partial charge in [-0.15, -0.1) is 0 Å². The number of aryl methyl sites for hydroxylation is 2. The van der Waals surface area contributed by atoms with E-state index in [1.54, 1.807) is 73.7 Å². The van der Waals surface area contributed by atoms with Crippen molar-refractivity contribution in [2.75, 3.05) is 64.7 Å². The Morgan fingerprint density at radius 1 is 0.632 bits per heavy atom. The molecule has 39 heteroatoms. The summed E-state index contributed by atoms with van der Waals surface area (Å²) < 4.78 is 29.4. The predicted molar refractivity (Wildman–Crippen MR) is 500 cm³/mol. The van der Waals surface area contributed by atoms with Crippen LogP contribution in [0.25, 0.3) is 11.1 Å². The monoisotopic (exact) mass is 1880 g/mol. The molecule has 7 aromatic carbocycles. The number of aliphatic hydroxyl groups is 1. The molecule has 12 rings (SSSR count). The number of thiocarbonyl (C=S) groups is 1. The molecule has 38 nitrogen and oxygen atoms in total. The van der Waals surface area contributed by atoms with Crippen LogP contribution < -0.4 is 88.6 Å². The van der Waals surface area contributed by atoms with Gasteiger partial charge in [0.1, 0.15) is 77.7 Å². The van der Waals surface area contributed by atoms with Crippen LogP contribution in [0.5, 0.6) is 40.2 Å². The fourth-order valence-electron chi connectivity index (χ4n) is 17.4. The minimum atomic E-state index is -1.66. The maximum Gasteiger partial charge on any atom is 0.340 e. The topological polar surface area (TPSA) is 551 Å². The van der Waals surface area contributed by atoms with Gasteiger partial charge in [0, 0.05) is 86.7 Å². The number of nitrogens with zero attached hydrogens (tertiary/aromatic N) is 2. The molecule has 5 aliphatic rings. The molecule has 0 bridgehead atoms. The van der Waals surface area contributed by atoms with E-state index >= 15 is 19.2 Å². The molecule has 7 aromatic rings. The smallest absolute Gasteiger partial charge is 0.340 e. The number of benzene rings is 6. The zero-order valence-corrected chi connectivity index (χ0v) is 76.0. The third kappa shape index (κ3) is 24.5. The molecule has 136 heavy (non-hydrogen) atoms. The van der Waals surface area contributed by atoms with Gasteiger partial charge in [-0.25, -0.2) is 9.59 Å². The number of aliphatic carboxylic acids is 1. The zero-order chi connectivity index (χ0) is 97.8. The molecule has 4 aliphatic heterocycles. The number of phenolic OH excluding ortho intramolecular Hbond substituents is 3. The molecule has 0 saturated carbocycles. The van der Waals surface area contributed by atoms with Crippen LogP contribution >= 0.6 is 12.2 Å². The summed E-state index contributed by atoms with van der Waals surface area (Å²) in [6.07, 6.45) is 3.34. The molecule has 716 valence electrons. The van der Waals surface area contributed by atoms with E-state index in [9.17, 15) is 73.5 Å². The summed E-state index contributed by atoms with van der Waals surface area (Å²) in [5.41, 5.74) is 7.96. The van der Waals surface area contributed by atoms with Crippen LogP contribution in [0.4, 0.5) is 16.2 Å². The second-order valence-corrected chi connectivity index (χ2v) is 33.7. The molecular formula is C97H108N14O24S. The zero-order valence-electron chi connectivity index (χ0n) is 75.2. The van der Waals surface area contributed by atoms with Gasteiger partial charge in [-0.1, -0.05) is 79.4 Å². The lowest BCUT2D eigenvalue weighted by atomic mass is 9.79. The Balaban J connectivity index is 0.706. The van der Waals surface area contributed by atoms with Gasteiger partial charge in [0.15, 0.2) is 22.2 Å². The number of hydrogen-bond acceptors (Lipinski definition) is 24. The van der Waals surface area contributed by atoms with Crippen LogP contribution in [-0.2, 0) is 88.8 Å². The van der Waals surface area contributed by atoms with Crippen LogP contribution in [-0.4, -0.2) is 220 Å². The summed E-state index contributed by atoms with van der Waals surface area (Å²) in [4.78, 5) is 200. The van der Waals surface area contributed by atoms with Gasteiger partial charge in [-0.3, -0.25) is 57.5 Å². The number of rotatable bonds is 37. The van der Waals surface area contributed by atoms with Gasteiger partial charge in [-0.05, 0) is 201 Å². The molecule has 18 N–H and O–H groups in total. The number of ether oxygens (including phenoxy) is 5. The molecule has 12 amide bonds. The summed E-state index contributed by atoms with van der Waals surface area (Å²) >= 11 is 5.56. The number of allylic oxidation sites excluding steroid dienone is 1. The number of hydrogen-bond donors (Lipinski definition) is 17. The fourth-order valence-corrected chi connectivity index (χ4v) is 17.6. The number of carbonyl (C=O) groups excluding carboxylic acids is 12. The van der Waals surface area contributed by atoms with Crippen molar-refractivity contribution in [2.24, 2.45) is 5.73 Å². The van der Waals surface area contributed by atoms with Gasteiger partial charge in [0.05, 0.1) is 45.2 Å². The van der Waals surface area contributed by atoms with Crippen LogP contribution in [0.2, 0.25) is 0 Å². The van der Waals surface area contributed by atoms with Crippen LogP contribution in [0, 0.1) is 0 Å². The lowest BCUT2D eigenvalue weighted by Crippen LogP contribution is -2.58. The minimum Gasteiger partial charge on any atom is -0.508 e. The maximum atomic E-state index is 15.2. The van der Waals surface area contributed by atoms with E-state index in [4.69, 9.17) is 41.6 Å². The number of aromatic hydroxyl groups is 3. The second-order valence-electron chi connectivity index (χ2n) is 33.3. The molecule has 2 fully saturated rings. The highest BCUT2D eigenvalue weighted by atomic mass is 32.1. The number of nitrogens with two attached hydrogens (primary N) is 1. The lowest BCUT2D eigenvalue weighted by Gasteiger charge is -2.32. The number of aliphatic hydroxyl groups excluding tert-OH is 1. The Bertz CT molecular complexity index is 5900. The molecule has 0 aromatic heterocycles. The average Bonchev–Trinajstić information content (AvgIpc) is 1.56. The van der Waals surface area contributed by atoms with Gasteiger partial charge in [0.25, 0.3) is 0 Å². The number of esters is 1. The van der Waals surface area contributed by atoms with E-state index < -0.39 is 156 Å². The van der Waals surface area contributed by atoms with Crippen LogP contribution in [0.3, 0.4) is 0 Å². The number of carbonyl (C=O) groups is 13. The SMILES string of the molecule is C=C1/C=C\C(O)=C/COc2cc(O)ccc2C12OC(=O)c1cc(NC(=S)NCCC(=O)N[C@@H](CCC(=O)O)C(=O)N3CCC[C@H]3C(=O)N[C@@H](CCCNC(N)=O)C(=O)NCC(=O)N[C@@H](CCc3ccccc3)C(=O)N[C@@H](Cc3ccc(O)cc3)C(=O)N[C@H]3CC(C)N([C@@H](Cc4ccc(O)cc4)C(=O)Nc4ccc5c(cc4=O)[C@@H](NC(C)=O)CCc4cc(OC)c(OC)c(OC)c4-5)C3=O)ccc12. The van der Waals surface area contributed by atoms with Crippen LogP contribution in [0.1, 0.15) is 133 Å². The van der Waals surface area contributed by atoms with Gasteiger partial charge >= 0.3 is 18.0 Å². The van der Waals surface area contributed by atoms with E-state index in [1.165, 1.54) is 124 Å². The first-order chi connectivity index (χ1) is 65.1. The third-order valence-corrected chi connectivity index (χ3v) is 24.3. The molecule has 1 spiro atoms. The van der Waals surface area contributed by atoms with Crippen LogP contribution in [0.15, 0.2) is 180 Å². The van der Waals surface area contributed by atoms with Crippen molar-refractivity contribution in [1.29, 1.82) is 0 Å². The number of carboxylic acids is 1. The van der Waals surface area contributed by atoms with E-state index in [2.05, 4.69) is 65.1 Å². The number of carboxylic acid groups (broad SMARTS) is 1. The first kappa shape index (κ1) is 99.4. The number of anilines is 2. The number of nitrogens with one attached hydrogen (secondary N) is 11. The number of primary amides is 1.